The van der Waals surface area contributed by atoms with Crippen molar-refractivity contribution >= 4 is 5.91 Å². The quantitative estimate of drug-likeness (QED) is 0.498. The van der Waals surface area contributed by atoms with Gasteiger partial charge in [0.2, 0.25) is 5.91 Å². The van der Waals surface area contributed by atoms with Crippen LogP contribution in [0.1, 0.15) is 12.8 Å². The maximum absolute atomic E-state index is 11.2. The lowest BCUT2D eigenvalue weighted by molar-refractivity contribution is -0.120. The summed E-state index contributed by atoms with van der Waals surface area (Å²) in [6, 6.07) is 0.408. The highest BCUT2D eigenvalue weighted by Gasteiger charge is 2.22. The Labute approximate surface area is 90.8 Å². The van der Waals surface area contributed by atoms with E-state index in [2.05, 4.69) is 10.6 Å². The summed E-state index contributed by atoms with van der Waals surface area (Å²) in [5, 5.41) is 15.3. The van der Waals surface area contributed by atoms with Crippen molar-refractivity contribution in [1.29, 1.82) is 0 Å². The first-order valence-electron chi connectivity index (χ1n) is 5.41. The molecule has 1 rings (SSSR count). The molecule has 0 heterocycles. The Bertz CT molecular complexity index is 205. The summed E-state index contributed by atoms with van der Waals surface area (Å²) in [5.41, 5.74) is 0. The van der Waals surface area contributed by atoms with Crippen LogP contribution in [0.15, 0.2) is 0 Å². The highest BCUT2D eigenvalue weighted by Crippen LogP contribution is 2.18. The van der Waals surface area contributed by atoms with Crippen molar-refractivity contribution in [1.82, 2.24) is 15.5 Å². The zero-order valence-electron chi connectivity index (χ0n) is 9.49. The summed E-state index contributed by atoms with van der Waals surface area (Å²) in [7, 11) is 3.81. The first-order chi connectivity index (χ1) is 7.08. The SMILES string of the molecule is CN(C)CC(O)CNCC(=O)NC1CC1. The molecule has 88 valence electrons. The number of rotatable bonds is 7. The fourth-order valence-corrected chi connectivity index (χ4v) is 1.34. The van der Waals surface area contributed by atoms with Crippen LogP contribution in [-0.2, 0) is 4.79 Å². The van der Waals surface area contributed by atoms with Crippen LogP contribution < -0.4 is 10.6 Å². The largest absolute Gasteiger partial charge is 0.390 e. The molecule has 0 aromatic heterocycles. The predicted molar refractivity (Wildman–Crippen MR) is 58.6 cm³/mol. The highest BCUT2D eigenvalue weighted by atomic mass is 16.3. The summed E-state index contributed by atoms with van der Waals surface area (Å²) in [4.78, 5) is 13.1. The van der Waals surface area contributed by atoms with E-state index in [-0.39, 0.29) is 5.91 Å². The monoisotopic (exact) mass is 215 g/mol. The van der Waals surface area contributed by atoms with Gasteiger partial charge in [0, 0.05) is 19.1 Å². The lowest BCUT2D eigenvalue weighted by atomic mass is 10.3. The molecular weight excluding hydrogens is 194 g/mol. The molecule has 1 fully saturated rings. The molecule has 0 aliphatic heterocycles. The van der Waals surface area contributed by atoms with E-state index in [4.69, 9.17) is 0 Å². The molecule has 0 aromatic rings. The van der Waals surface area contributed by atoms with Gasteiger partial charge in [-0.1, -0.05) is 0 Å². The average Bonchev–Trinajstić information content (AvgIpc) is 2.86. The van der Waals surface area contributed by atoms with Gasteiger partial charge in [0.25, 0.3) is 0 Å². The summed E-state index contributed by atoms with van der Waals surface area (Å²) in [6.45, 7) is 1.36. The maximum atomic E-state index is 11.2. The summed E-state index contributed by atoms with van der Waals surface area (Å²) >= 11 is 0. The van der Waals surface area contributed by atoms with Crippen LogP contribution in [0, 0.1) is 0 Å². The van der Waals surface area contributed by atoms with Crippen LogP contribution in [0.3, 0.4) is 0 Å². The molecule has 1 atom stereocenters. The molecule has 0 bridgehead atoms. The summed E-state index contributed by atoms with van der Waals surface area (Å²) in [5.74, 6) is 0.0227. The number of hydrogen-bond donors (Lipinski definition) is 3. The lowest BCUT2D eigenvalue weighted by Gasteiger charge is -2.16. The number of likely N-dealkylation sites (N-methyl/N-ethyl adjacent to an activating group) is 1. The third kappa shape index (κ3) is 6.43. The molecule has 3 N–H and O–H groups in total. The van der Waals surface area contributed by atoms with Gasteiger partial charge in [-0.3, -0.25) is 4.79 Å². The molecule has 0 aromatic carbocycles. The minimum absolute atomic E-state index is 0.0227. The highest BCUT2D eigenvalue weighted by molar-refractivity contribution is 5.78. The van der Waals surface area contributed by atoms with E-state index in [9.17, 15) is 9.90 Å². The van der Waals surface area contributed by atoms with Crippen LogP contribution in [0.4, 0.5) is 0 Å². The van der Waals surface area contributed by atoms with Gasteiger partial charge in [0.1, 0.15) is 0 Å². The predicted octanol–water partition coefficient (Wildman–Crippen LogP) is -1.22. The second-order valence-corrected chi connectivity index (χ2v) is 4.39. The van der Waals surface area contributed by atoms with E-state index in [1.165, 1.54) is 0 Å². The number of aliphatic hydroxyl groups excluding tert-OH is 1. The van der Waals surface area contributed by atoms with Gasteiger partial charge < -0.3 is 20.6 Å². The number of carbonyl (C=O) groups is 1. The topological polar surface area (TPSA) is 64.6 Å². The Morgan fingerprint density at radius 3 is 2.73 bits per heavy atom. The smallest absolute Gasteiger partial charge is 0.234 e. The molecule has 5 nitrogen and oxygen atoms in total. The van der Waals surface area contributed by atoms with Crippen molar-refractivity contribution < 1.29 is 9.90 Å². The molecule has 1 unspecified atom stereocenters. The molecule has 0 radical (unpaired) electrons. The standard InChI is InChI=1S/C10H21N3O2/c1-13(2)7-9(14)5-11-6-10(15)12-8-3-4-8/h8-9,11,14H,3-7H2,1-2H3,(H,12,15). The minimum atomic E-state index is -0.422. The van der Waals surface area contributed by atoms with Crippen molar-refractivity contribution in [2.24, 2.45) is 0 Å². The number of hydrogen-bond acceptors (Lipinski definition) is 4. The molecule has 0 spiro atoms. The molecule has 1 aliphatic carbocycles. The van der Waals surface area contributed by atoms with Crippen molar-refractivity contribution in [3.63, 3.8) is 0 Å². The number of carbonyl (C=O) groups excluding carboxylic acids is 1. The Kier molecular flexibility index (Phi) is 5.01. The van der Waals surface area contributed by atoms with Gasteiger partial charge in [-0.15, -0.1) is 0 Å². The molecule has 5 heteroatoms. The van der Waals surface area contributed by atoms with Crippen molar-refractivity contribution in [3.05, 3.63) is 0 Å². The minimum Gasteiger partial charge on any atom is -0.390 e. The molecule has 0 saturated heterocycles. The Morgan fingerprint density at radius 2 is 2.20 bits per heavy atom. The van der Waals surface area contributed by atoms with Gasteiger partial charge in [0.15, 0.2) is 0 Å². The number of nitrogens with zero attached hydrogens (tertiary/aromatic N) is 1. The molecule has 15 heavy (non-hydrogen) atoms. The maximum Gasteiger partial charge on any atom is 0.234 e. The fourth-order valence-electron chi connectivity index (χ4n) is 1.34. The normalized spacial score (nSPS) is 17.9. The van der Waals surface area contributed by atoms with E-state index < -0.39 is 6.10 Å². The number of nitrogens with one attached hydrogen (secondary N) is 2. The van der Waals surface area contributed by atoms with E-state index >= 15 is 0 Å². The second kappa shape index (κ2) is 6.05. The van der Waals surface area contributed by atoms with E-state index in [1.54, 1.807) is 0 Å². The summed E-state index contributed by atoms with van der Waals surface area (Å²) in [6.07, 6.45) is 1.79. The Balaban J connectivity index is 1.96. The first-order valence-corrected chi connectivity index (χ1v) is 5.41. The van der Waals surface area contributed by atoms with Gasteiger partial charge in [0.05, 0.1) is 12.6 Å². The first kappa shape index (κ1) is 12.4. The molecule has 1 saturated carbocycles. The van der Waals surface area contributed by atoms with Crippen molar-refractivity contribution in [3.8, 4) is 0 Å². The zero-order chi connectivity index (χ0) is 11.3. The number of amides is 1. The van der Waals surface area contributed by atoms with Gasteiger partial charge in [-0.2, -0.15) is 0 Å². The van der Waals surface area contributed by atoms with Crippen LogP contribution >= 0.6 is 0 Å². The Hall–Kier alpha value is -0.650. The van der Waals surface area contributed by atoms with Gasteiger partial charge in [-0.25, -0.2) is 0 Å². The third-order valence-electron chi connectivity index (χ3n) is 2.18. The third-order valence-corrected chi connectivity index (χ3v) is 2.18. The molecule has 1 aliphatic rings. The van der Waals surface area contributed by atoms with Crippen molar-refractivity contribution in [2.45, 2.75) is 25.0 Å². The van der Waals surface area contributed by atoms with Gasteiger partial charge in [-0.05, 0) is 26.9 Å². The van der Waals surface area contributed by atoms with E-state index in [0.717, 1.165) is 12.8 Å². The fraction of sp³-hybridized carbons (Fsp3) is 0.900. The van der Waals surface area contributed by atoms with Crippen LogP contribution in [0.2, 0.25) is 0 Å². The van der Waals surface area contributed by atoms with Crippen LogP contribution in [0.25, 0.3) is 0 Å². The molecule has 1 amide bonds. The van der Waals surface area contributed by atoms with E-state index in [1.807, 2.05) is 19.0 Å². The average molecular weight is 215 g/mol. The van der Waals surface area contributed by atoms with E-state index in [0.29, 0.717) is 25.7 Å². The lowest BCUT2D eigenvalue weighted by Crippen LogP contribution is -2.40. The zero-order valence-corrected chi connectivity index (χ0v) is 9.49. The van der Waals surface area contributed by atoms with Crippen molar-refractivity contribution in [2.75, 3.05) is 33.7 Å². The Morgan fingerprint density at radius 1 is 1.53 bits per heavy atom. The van der Waals surface area contributed by atoms with Crippen LogP contribution in [-0.4, -0.2) is 61.8 Å². The van der Waals surface area contributed by atoms with Gasteiger partial charge >= 0.3 is 0 Å². The summed E-state index contributed by atoms with van der Waals surface area (Å²) < 4.78 is 0. The second-order valence-electron chi connectivity index (χ2n) is 4.39. The number of aliphatic hydroxyl groups is 1. The van der Waals surface area contributed by atoms with Crippen LogP contribution in [0.5, 0.6) is 0 Å². The molecular formula is C10H21N3O2.